The van der Waals surface area contributed by atoms with Crippen LogP contribution in [-0.2, 0) is 4.74 Å². The number of hydrogen-bond donors (Lipinski definition) is 0. The number of ether oxygens (including phenoxy) is 1. The molecule has 3 heterocycles. The molecular weight excluding hydrogens is 430 g/mol. The minimum atomic E-state index is -0.426. The molecule has 1 spiro atoms. The number of likely N-dealkylation sites (tertiary alicyclic amines) is 1. The molecule has 0 unspecified atom stereocenters. The van der Waals surface area contributed by atoms with Crippen LogP contribution in [0.1, 0.15) is 76.8 Å². The highest BCUT2D eigenvalue weighted by Crippen LogP contribution is 2.56. The summed E-state index contributed by atoms with van der Waals surface area (Å²) in [5.41, 5.74) is 2.58. The quantitative estimate of drug-likeness (QED) is 0.550. The van der Waals surface area contributed by atoms with Crippen LogP contribution in [0.15, 0.2) is 22.9 Å². The highest BCUT2D eigenvalue weighted by atomic mass is 79.9. The molecule has 0 atom stereocenters. The SMILES string of the molecule is CC(C)(C)OC(=O)N1CCC2(CC1)CC(n1cc(C3CC3)c3cc(Br)cnc31)C2. The maximum Gasteiger partial charge on any atom is 0.410 e. The number of fused-ring (bicyclic) bond motifs is 1. The Morgan fingerprint density at radius 1 is 1.24 bits per heavy atom. The Balaban J connectivity index is 1.27. The van der Waals surface area contributed by atoms with Crippen molar-refractivity contribution in [3.8, 4) is 0 Å². The van der Waals surface area contributed by atoms with Crippen molar-refractivity contribution in [2.45, 2.75) is 76.9 Å². The van der Waals surface area contributed by atoms with Gasteiger partial charge in [-0.25, -0.2) is 9.78 Å². The lowest BCUT2D eigenvalue weighted by molar-refractivity contribution is -0.0226. The molecule has 0 bridgehead atoms. The molecule has 1 amide bonds. The van der Waals surface area contributed by atoms with Gasteiger partial charge in [-0.2, -0.15) is 0 Å². The van der Waals surface area contributed by atoms with Crippen molar-refractivity contribution in [2.24, 2.45) is 5.41 Å². The molecule has 3 fully saturated rings. The van der Waals surface area contributed by atoms with Crippen LogP contribution in [0, 0.1) is 5.41 Å². The van der Waals surface area contributed by atoms with Crippen molar-refractivity contribution < 1.29 is 9.53 Å². The number of carbonyl (C=O) groups excluding carboxylic acids is 1. The van der Waals surface area contributed by atoms with Gasteiger partial charge in [-0.1, -0.05) is 0 Å². The number of carbonyl (C=O) groups is 1. The van der Waals surface area contributed by atoms with Crippen molar-refractivity contribution in [3.05, 3.63) is 28.5 Å². The Morgan fingerprint density at radius 3 is 2.55 bits per heavy atom. The van der Waals surface area contributed by atoms with Crippen LogP contribution in [0.25, 0.3) is 11.0 Å². The number of hydrogen-bond acceptors (Lipinski definition) is 3. The fourth-order valence-corrected chi connectivity index (χ4v) is 5.50. The van der Waals surface area contributed by atoms with Crippen molar-refractivity contribution in [2.75, 3.05) is 13.1 Å². The van der Waals surface area contributed by atoms with E-state index in [0.29, 0.717) is 11.5 Å². The van der Waals surface area contributed by atoms with E-state index >= 15 is 0 Å². The van der Waals surface area contributed by atoms with Gasteiger partial charge < -0.3 is 14.2 Å². The number of pyridine rings is 1. The van der Waals surface area contributed by atoms with Crippen LogP contribution in [0.4, 0.5) is 4.79 Å². The van der Waals surface area contributed by atoms with Gasteiger partial charge in [0.1, 0.15) is 11.2 Å². The van der Waals surface area contributed by atoms with Crippen LogP contribution in [0.5, 0.6) is 0 Å². The Labute approximate surface area is 180 Å². The Bertz CT molecular complexity index is 941. The van der Waals surface area contributed by atoms with Crippen LogP contribution < -0.4 is 0 Å². The summed E-state index contributed by atoms with van der Waals surface area (Å²) in [5.74, 6) is 0.723. The topological polar surface area (TPSA) is 47.4 Å². The molecule has 156 valence electrons. The molecule has 2 aromatic heterocycles. The summed E-state index contributed by atoms with van der Waals surface area (Å²) in [6.45, 7) is 7.41. The fraction of sp³-hybridized carbons (Fsp3) is 0.652. The molecule has 0 aromatic carbocycles. The predicted molar refractivity (Wildman–Crippen MR) is 117 cm³/mol. The number of piperidine rings is 1. The van der Waals surface area contributed by atoms with Crippen LogP contribution in [-0.4, -0.2) is 39.2 Å². The summed E-state index contributed by atoms with van der Waals surface area (Å²) in [5, 5.41) is 1.32. The van der Waals surface area contributed by atoms with Gasteiger partial charge in [0.05, 0.1) is 0 Å². The Kier molecular flexibility index (Phi) is 4.50. The summed E-state index contributed by atoms with van der Waals surface area (Å²) < 4.78 is 9.05. The number of amides is 1. The third-order valence-corrected chi connectivity index (χ3v) is 7.32. The van der Waals surface area contributed by atoms with Crippen molar-refractivity contribution in [1.82, 2.24) is 14.5 Å². The van der Waals surface area contributed by atoms with E-state index in [9.17, 15) is 4.79 Å². The van der Waals surface area contributed by atoms with Crippen LogP contribution in [0.3, 0.4) is 0 Å². The molecule has 0 radical (unpaired) electrons. The summed E-state index contributed by atoms with van der Waals surface area (Å²) in [4.78, 5) is 19.0. The zero-order chi connectivity index (χ0) is 20.4. The van der Waals surface area contributed by atoms with E-state index in [1.807, 2.05) is 31.9 Å². The van der Waals surface area contributed by atoms with Gasteiger partial charge in [0.15, 0.2) is 0 Å². The highest BCUT2D eigenvalue weighted by molar-refractivity contribution is 9.10. The minimum absolute atomic E-state index is 0.163. The lowest BCUT2D eigenvalue weighted by Crippen LogP contribution is -2.50. The van der Waals surface area contributed by atoms with Crippen molar-refractivity contribution in [1.29, 1.82) is 0 Å². The second-order valence-corrected chi connectivity index (χ2v) is 11.2. The number of nitrogens with zero attached hydrogens (tertiary/aromatic N) is 3. The lowest BCUT2D eigenvalue weighted by atomic mass is 9.60. The summed E-state index contributed by atoms with van der Waals surface area (Å²) in [7, 11) is 0. The molecular formula is C23H30BrN3O2. The van der Waals surface area contributed by atoms with E-state index in [0.717, 1.165) is 42.0 Å². The van der Waals surface area contributed by atoms with Crippen molar-refractivity contribution in [3.63, 3.8) is 0 Å². The molecule has 2 saturated carbocycles. The molecule has 2 aliphatic carbocycles. The van der Waals surface area contributed by atoms with E-state index in [4.69, 9.17) is 9.72 Å². The molecule has 6 heteroatoms. The second kappa shape index (κ2) is 6.73. The van der Waals surface area contributed by atoms with Crippen molar-refractivity contribution >= 4 is 33.1 Å². The van der Waals surface area contributed by atoms with E-state index < -0.39 is 5.60 Å². The molecule has 2 aromatic rings. The van der Waals surface area contributed by atoms with E-state index in [1.165, 1.54) is 36.6 Å². The average Bonchev–Trinajstić information content (AvgIpc) is 3.40. The molecule has 5 nitrogen and oxygen atoms in total. The van der Waals surface area contributed by atoms with Gasteiger partial charge in [-0.15, -0.1) is 0 Å². The maximum absolute atomic E-state index is 12.4. The third-order valence-electron chi connectivity index (χ3n) is 6.89. The van der Waals surface area contributed by atoms with Gasteiger partial charge in [-0.3, -0.25) is 0 Å². The van der Waals surface area contributed by atoms with Gasteiger partial charge in [0.2, 0.25) is 0 Å². The smallest absolute Gasteiger partial charge is 0.410 e. The van der Waals surface area contributed by atoms with Gasteiger partial charge in [-0.05, 0) is 98.2 Å². The fourth-order valence-electron chi connectivity index (χ4n) is 5.16. The van der Waals surface area contributed by atoms with Crippen LogP contribution >= 0.6 is 15.9 Å². The summed E-state index contributed by atoms with van der Waals surface area (Å²) >= 11 is 3.59. The largest absolute Gasteiger partial charge is 0.444 e. The summed E-state index contributed by atoms with van der Waals surface area (Å²) in [6.07, 6.45) is 11.3. The molecule has 29 heavy (non-hydrogen) atoms. The first-order chi connectivity index (χ1) is 13.7. The van der Waals surface area contributed by atoms with Gasteiger partial charge in [0, 0.05) is 41.4 Å². The number of aromatic nitrogens is 2. The first-order valence-electron chi connectivity index (χ1n) is 10.9. The third kappa shape index (κ3) is 3.69. The maximum atomic E-state index is 12.4. The number of halogens is 1. The molecule has 3 aliphatic rings. The van der Waals surface area contributed by atoms with Gasteiger partial charge in [0.25, 0.3) is 0 Å². The van der Waals surface area contributed by atoms with Gasteiger partial charge >= 0.3 is 6.09 Å². The minimum Gasteiger partial charge on any atom is -0.444 e. The predicted octanol–water partition coefficient (Wildman–Crippen LogP) is 6.03. The van der Waals surface area contributed by atoms with E-state index in [2.05, 4.69) is 32.8 Å². The monoisotopic (exact) mass is 459 g/mol. The lowest BCUT2D eigenvalue weighted by Gasteiger charge is -2.52. The second-order valence-electron chi connectivity index (χ2n) is 10.3. The number of rotatable bonds is 2. The molecule has 1 aliphatic heterocycles. The van der Waals surface area contributed by atoms with E-state index in [-0.39, 0.29) is 6.09 Å². The average molecular weight is 460 g/mol. The van der Waals surface area contributed by atoms with E-state index in [1.54, 1.807) is 0 Å². The normalized spacial score (nSPS) is 22.1. The Hall–Kier alpha value is -1.56. The zero-order valence-corrected chi connectivity index (χ0v) is 19.2. The molecule has 0 N–H and O–H groups in total. The van der Waals surface area contributed by atoms with Crippen LogP contribution in [0.2, 0.25) is 0 Å². The standard InChI is InChI=1S/C23H30BrN3O2/c1-22(2,3)29-21(28)26-8-6-23(7-9-26)11-17(12-23)27-14-19(15-4-5-15)18-10-16(24)13-25-20(18)27/h10,13-15,17H,4-9,11-12H2,1-3H3. The molecule has 5 rings (SSSR count). The Morgan fingerprint density at radius 2 is 1.93 bits per heavy atom. The first-order valence-corrected chi connectivity index (χ1v) is 11.7. The highest BCUT2D eigenvalue weighted by Gasteiger charge is 2.48. The summed E-state index contributed by atoms with van der Waals surface area (Å²) in [6, 6.07) is 2.77. The molecule has 1 saturated heterocycles. The zero-order valence-electron chi connectivity index (χ0n) is 17.6. The first kappa shape index (κ1) is 19.4.